The van der Waals surface area contributed by atoms with Gasteiger partial charge in [-0.1, -0.05) is 18.2 Å². The van der Waals surface area contributed by atoms with Crippen LogP contribution in [0.3, 0.4) is 0 Å². The Hall–Kier alpha value is -2.68. The molecule has 0 aliphatic carbocycles. The van der Waals surface area contributed by atoms with Crippen molar-refractivity contribution in [3.8, 4) is 6.07 Å². The van der Waals surface area contributed by atoms with E-state index in [0.29, 0.717) is 0 Å². The highest BCUT2D eigenvalue weighted by Gasteiger charge is 2.10. The summed E-state index contributed by atoms with van der Waals surface area (Å²) in [5.41, 5.74) is 2.80. The Morgan fingerprint density at radius 2 is 2.11 bits per heavy atom. The largest absolute Gasteiger partial charge is 0.324 e. The average Bonchev–Trinajstić information content (AvgIpc) is 2.81. The third-order valence-electron chi connectivity index (χ3n) is 2.78. The molecule has 0 radical (unpaired) electrons. The number of hydrogen-bond donors (Lipinski definition) is 1. The molecular weight excluding hydrogens is 242 g/mol. The Morgan fingerprint density at radius 1 is 1.42 bits per heavy atom. The van der Waals surface area contributed by atoms with Crippen LogP contribution in [0.15, 0.2) is 24.5 Å². The van der Waals surface area contributed by atoms with Crippen LogP contribution >= 0.6 is 0 Å². The van der Waals surface area contributed by atoms with E-state index in [1.807, 2.05) is 38.1 Å². The summed E-state index contributed by atoms with van der Waals surface area (Å²) in [5.74, 6) is -0.0923. The first-order chi connectivity index (χ1) is 9.11. The molecule has 1 heterocycles. The van der Waals surface area contributed by atoms with Crippen LogP contribution in [-0.2, 0) is 11.3 Å². The maximum Gasteiger partial charge on any atom is 0.244 e. The molecule has 1 N–H and O–H groups in total. The van der Waals surface area contributed by atoms with Gasteiger partial charge >= 0.3 is 0 Å². The SMILES string of the molecule is Cc1cccc(C)c1NC(=O)Cn1cnnc1C#N. The van der Waals surface area contributed by atoms with E-state index in [9.17, 15) is 4.79 Å². The van der Waals surface area contributed by atoms with E-state index < -0.39 is 0 Å². The quantitative estimate of drug-likeness (QED) is 0.898. The van der Waals surface area contributed by atoms with Gasteiger partial charge in [0.1, 0.15) is 18.9 Å². The molecule has 19 heavy (non-hydrogen) atoms. The third kappa shape index (κ3) is 2.77. The van der Waals surface area contributed by atoms with Crippen molar-refractivity contribution < 1.29 is 4.79 Å². The fourth-order valence-electron chi connectivity index (χ4n) is 1.80. The van der Waals surface area contributed by atoms with E-state index in [4.69, 9.17) is 5.26 Å². The molecule has 6 nitrogen and oxygen atoms in total. The molecule has 1 aromatic heterocycles. The number of para-hydroxylation sites is 1. The molecule has 0 aliphatic rings. The summed E-state index contributed by atoms with van der Waals surface area (Å²) in [7, 11) is 0. The highest BCUT2D eigenvalue weighted by molar-refractivity contribution is 5.92. The van der Waals surface area contributed by atoms with Gasteiger partial charge in [-0.3, -0.25) is 9.36 Å². The number of anilines is 1. The van der Waals surface area contributed by atoms with Crippen LogP contribution in [0.5, 0.6) is 0 Å². The number of amides is 1. The standard InChI is InChI=1S/C13H13N5O/c1-9-4-3-5-10(2)13(9)16-12(19)7-18-8-15-17-11(18)6-14/h3-5,8H,7H2,1-2H3,(H,16,19). The molecule has 0 atom stereocenters. The zero-order valence-electron chi connectivity index (χ0n) is 10.7. The molecule has 0 spiro atoms. The summed E-state index contributed by atoms with van der Waals surface area (Å²) >= 11 is 0. The van der Waals surface area contributed by atoms with E-state index in [2.05, 4.69) is 15.5 Å². The summed E-state index contributed by atoms with van der Waals surface area (Å²) in [6, 6.07) is 7.68. The van der Waals surface area contributed by atoms with Gasteiger partial charge in [0.05, 0.1) is 0 Å². The van der Waals surface area contributed by atoms with E-state index >= 15 is 0 Å². The van der Waals surface area contributed by atoms with Crippen LogP contribution < -0.4 is 5.32 Å². The monoisotopic (exact) mass is 255 g/mol. The highest BCUT2D eigenvalue weighted by Crippen LogP contribution is 2.19. The summed E-state index contributed by atoms with van der Waals surface area (Å²) < 4.78 is 1.41. The Morgan fingerprint density at radius 3 is 2.74 bits per heavy atom. The molecule has 0 unspecified atom stereocenters. The fraction of sp³-hybridized carbons (Fsp3) is 0.231. The maximum absolute atomic E-state index is 12.0. The molecule has 0 aliphatic heterocycles. The van der Waals surface area contributed by atoms with Crippen LogP contribution in [0.4, 0.5) is 5.69 Å². The van der Waals surface area contributed by atoms with Crippen LogP contribution in [-0.4, -0.2) is 20.7 Å². The average molecular weight is 255 g/mol. The second-order valence-corrected chi connectivity index (χ2v) is 4.21. The molecule has 1 amide bonds. The van der Waals surface area contributed by atoms with Gasteiger partial charge in [-0.25, -0.2) is 0 Å². The van der Waals surface area contributed by atoms with E-state index in [1.54, 1.807) is 0 Å². The lowest BCUT2D eigenvalue weighted by atomic mass is 10.1. The number of rotatable bonds is 3. The molecule has 96 valence electrons. The molecule has 0 saturated heterocycles. The normalized spacial score (nSPS) is 9.95. The Labute approximate surface area is 110 Å². The van der Waals surface area contributed by atoms with Gasteiger partial charge < -0.3 is 5.32 Å². The minimum Gasteiger partial charge on any atom is -0.324 e. The first kappa shape index (κ1) is 12.8. The molecular formula is C13H13N5O. The van der Waals surface area contributed by atoms with Crippen molar-refractivity contribution in [2.24, 2.45) is 0 Å². The van der Waals surface area contributed by atoms with Crippen molar-refractivity contribution in [3.05, 3.63) is 41.5 Å². The smallest absolute Gasteiger partial charge is 0.244 e. The van der Waals surface area contributed by atoms with Gasteiger partial charge in [-0.05, 0) is 25.0 Å². The lowest BCUT2D eigenvalue weighted by Gasteiger charge is -2.11. The number of benzene rings is 1. The van der Waals surface area contributed by atoms with Gasteiger partial charge in [0, 0.05) is 5.69 Å². The highest BCUT2D eigenvalue weighted by atomic mass is 16.1. The zero-order valence-corrected chi connectivity index (χ0v) is 10.7. The Balaban J connectivity index is 2.13. The van der Waals surface area contributed by atoms with Crippen LogP contribution in [0.1, 0.15) is 17.0 Å². The van der Waals surface area contributed by atoms with Crippen LogP contribution in [0.2, 0.25) is 0 Å². The van der Waals surface area contributed by atoms with Gasteiger partial charge in [0.15, 0.2) is 0 Å². The van der Waals surface area contributed by atoms with E-state index in [0.717, 1.165) is 16.8 Å². The number of aryl methyl sites for hydroxylation is 2. The molecule has 0 bridgehead atoms. The summed E-state index contributed by atoms with van der Waals surface area (Å²) in [6.07, 6.45) is 1.36. The van der Waals surface area contributed by atoms with Crippen LogP contribution in [0.25, 0.3) is 0 Å². The van der Waals surface area contributed by atoms with Crippen molar-refractivity contribution in [1.29, 1.82) is 5.26 Å². The number of aromatic nitrogens is 3. The lowest BCUT2D eigenvalue weighted by molar-refractivity contribution is -0.116. The molecule has 0 saturated carbocycles. The summed E-state index contributed by atoms with van der Waals surface area (Å²) in [4.78, 5) is 12.0. The number of carbonyl (C=O) groups excluding carboxylic acids is 1. The van der Waals surface area contributed by atoms with E-state index in [1.165, 1.54) is 10.9 Å². The van der Waals surface area contributed by atoms with Gasteiger partial charge in [-0.15, -0.1) is 10.2 Å². The van der Waals surface area contributed by atoms with Crippen molar-refractivity contribution in [1.82, 2.24) is 14.8 Å². The summed E-state index contributed by atoms with van der Waals surface area (Å²) in [6.45, 7) is 3.88. The van der Waals surface area contributed by atoms with Crippen molar-refractivity contribution in [2.45, 2.75) is 20.4 Å². The van der Waals surface area contributed by atoms with Gasteiger partial charge in [0.2, 0.25) is 11.7 Å². The van der Waals surface area contributed by atoms with Crippen LogP contribution in [0, 0.1) is 25.2 Å². The number of nitriles is 1. The van der Waals surface area contributed by atoms with Crippen molar-refractivity contribution in [2.75, 3.05) is 5.32 Å². The fourth-order valence-corrected chi connectivity index (χ4v) is 1.80. The minimum absolute atomic E-state index is 0.0175. The second-order valence-electron chi connectivity index (χ2n) is 4.21. The lowest BCUT2D eigenvalue weighted by Crippen LogP contribution is -2.20. The van der Waals surface area contributed by atoms with E-state index in [-0.39, 0.29) is 18.3 Å². The van der Waals surface area contributed by atoms with Crippen molar-refractivity contribution in [3.63, 3.8) is 0 Å². The van der Waals surface area contributed by atoms with Crippen molar-refractivity contribution >= 4 is 11.6 Å². The van der Waals surface area contributed by atoms with Gasteiger partial charge in [-0.2, -0.15) is 5.26 Å². The Bertz CT molecular complexity index is 633. The number of nitrogens with zero attached hydrogens (tertiary/aromatic N) is 4. The molecule has 2 rings (SSSR count). The minimum atomic E-state index is -0.214. The second kappa shape index (κ2) is 5.31. The molecule has 6 heteroatoms. The first-order valence-electron chi connectivity index (χ1n) is 5.76. The number of hydrogen-bond acceptors (Lipinski definition) is 4. The summed E-state index contributed by atoms with van der Waals surface area (Å²) in [5, 5.41) is 18.8. The predicted octanol–water partition coefficient (Wildman–Crippen LogP) is 1.41. The predicted molar refractivity (Wildman–Crippen MR) is 69.3 cm³/mol. The molecule has 1 aromatic carbocycles. The Kier molecular flexibility index (Phi) is 3.57. The first-order valence-corrected chi connectivity index (χ1v) is 5.76. The maximum atomic E-state index is 12.0. The van der Waals surface area contributed by atoms with Gasteiger partial charge in [0.25, 0.3) is 0 Å². The zero-order chi connectivity index (χ0) is 13.8. The third-order valence-corrected chi connectivity index (χ3v) is 2.78. The number of carbonyl (C=O) groups is 1. The number of nitrogens with one attached hydrogen (secondary N) is 1. The molecule has 2 aromatic rings. The molecule has 0 fully saturated rings. The topological polar surface area (TPSA) is 83.6 Å².